The smallest absolute Gasteiger partial charge is 0.305 e. The minimum absolute atomic E-state index is 0.210. The van der Waals surface area contributed by atoms with Crippen molar-refractivity contribution < 1.29 is 13.9 Å². The number of methoxy groups -OCH3 is 1. The van der Waals surface area contributed by atoms with E-state index in [1.54, 1.807) is 18.3 Å². The predicted molar refractivity (Wildman–Crippen MR) is 119 cm³/mol. The fourth-order valence-electron chi connectivity index (χ4n) is 3.88. The lowest BCUT2D eigenvalue weighted by atomic mass is 9.99. The number of aromatic amines is 1. The summed E-state index contributed by atoms with van der Waals surface area (Å²) in [5, 5.41) is 9.22. The molecular weight excluding hydrogens is 381 g/mol. The lowest BCUT2D eigenvalue weighted by molar-refractivity contribution is -0.140. The summed E-state index contributed by atoms with van der Waals surface area (Å²) in [6.45, 7) is 8.26. The number of H-pyrrole nitrogens is 1. The van der Waals surface area contributed by atoms with Gasteiger partial charge in [-0.15, -0.1) is 0 Å². The standard InChI is InChI=1S/C22H22FN3O2.C2H6/c1-13(2)22-17(8-9-21(27)28-3)18-11-19-14(12-24-25-19)10-20(18)26(22)16-6-4-15(23)5-7-16;1-2/h4-7,10-13H,8-9H2,1-3H3,(H,24,25);1-2H3. The van der Waals surface area contributed by atoms with Gasteiger partial charge in [0.2, 0.25) is 0 Å². The van der Waals surface area contributed by atoms with Crippen LogP contribution in [0.1, 0.15) is 51.3 Å². The average Bonchev–Trinajstić information content (AvgIpc) is 3.34. The molecular formula is C24H28FN3O2. The van der Waals surface area contributed by atoms with Gasteiger partial charge < -0.3 is 9.30 Å². The van der Waals surface area contributed by atoms with Crippen LogP contribution in [-0.2, 0) is 16.0 Å². The molecule has 2 aromatic carbocycles. The van der Waals surface area contributed by atoms with E-state index < -0.39 is 0 Å². The van der Waals surface area contributed by atoms with Gasteiger partial charge in [-0.25, -0.2) is 4.39 Å². The highest BCUT2D eigenvalue weighted by Crippen LogP contribution is 2.36. The quantitative estimate of drug-likeness (QED) is 0.417. The average molecular weight is 410 g/mol. The Morgan fingerprint density at radius 2 is 1.90 bits per heavy atom. The largest absolute Gasteiger partial charge is 0.469 e. The van der Waals surface area contributed by atoms with Gasteiger partial charge in [0.15, 0.2) is 0 Å². The Hall–Kier alpha value is -3.15. The summed E-state index contributed by atoms with van der Waals surface area (Å²) < 4.78 is 20.5. The summed E-state index contributed by atoms with van der Waals surface area (Å²) in [4.78, 5) is 11.8. The van der Waals surface area contributed by atoms with Gasteiger partial charge in [-0.05, 0) is 54.3 Å². The van der Waals surface area contributed by atoms with Crippen LogP contribution in [0.3, 0.4) is 0 Å². The maximum Gasteiger partial charge on any atom is 0.305 e. The number of aryl methyl sites for hydroxylation is 1. The van der Waals surface area contributed by atoms with Crippen LogP contribution in [0, 0.1) is 5.82 Å². The van der Waals surface area contributed by atoms with Crippen LogP contribution in [-0.4, -0.2) is 27.8 Å². The van der Waals surface area contributed by atoms with Crippen LogP contribution >= 0.6 is 0 Å². The van der Waals surface area contributed by atoms with E-state index in [2.05, 4.69) is 40.7 Å². The molecule has 4 aromatic rings. The van der Waals surface area contributed by atoms with Gasteiger partial charge in [-0.2, -0.15) is 5.10 Å². The molecule has 0 unspecified atom stereocenters. The SMILES string of the molecule is CC.COC(=O)CCc1c(C(C)C)n(-c2ccc(F)cc2)c2cc3cn[nH]c3cc12. The van der Waals surface area contributed by atoms with Crippen molar-refractivity contribution in [2.24, 2.45) is 0 Å². The Bertz CT molecular complexity index is 1160. The molecule has 0 atom stereocenters. The fourth-order valence-corrected chi connectivity index (χ4v) is 3.88. The molecule has 2 heterocycles. The van der Waals surface area contributed by atoms with Crippen molar-refractivity contribution >= 4 is 27.8 Å². The number of halogens is 1. The van der Waals surface area contributed by atoms with E-state index in [0.717, 1.165) is 38.8 Å². The highest BCUT2D eigenvalue weighted by Gasteiger charge is 2.22. The second kappa shape index (κ2) is 9.11. The molecule has 0 aliphatic rings. The number of benzene rings is 2. The lowest BCUT2D eigenvalue weighted by Crippen LogP contribution is -2.07. The predicted octanol–water partition coefficient (Wildman–Crippen LogP) is 5.90. The molecule has 0 aliphatic carbocycles. The highest BCUT2D eigenvalue weighted by molar-refractivity contribution is 5.98. The highest BCUT2D eigenvalue weighted by atomic mass is 19.1. The molecule has 158 valence electrons. The first-order chi connectivity index (χ1) is 14.5. The van der Waals surface area contributed by atoms with Gasteiger partial charge in [-0.3, -0.25) is 9.89 Å². The third-order valence-corrected chi connectivity index (χ3v) is 5.11. The number of rotatable bonds is 5. The number of aromatic nitrogens is 3. The van der Waals surface area contributed by atoms with E-state index in [9.17, 15) is 9.18 Å². The Balaban J connectivity index is 0.00000124. The molecule has 5 nitrogen and oxygen atoms in total. The summed E-state index contributed by atoms with van der Waals surface area (Å²) in [7, 11) is 1.40. The second-order valence-corrected chi connectivity index (χ2v) is 7.23. The molecule has 6 heteroatoms. The lowest BCUT2D eigenvalue weighted by Gasteiger charge is -2.15. The number of hydrogen-bond acceptors (Lipinski definition) is 3. The van der Waals surface area contributed by atoms with Crippen LogP contribution in [0.25, 0.3) is 27.5 Å². The number of carbonyl (C=O) groups excluding carboxylic acids is 1. The van der Waals surface area contributed by atoms with E-state index in [1.165, 1.54) is 19.2 Å². The van der Waals surface area contributed by atoms with Crippen molar-refractivity contribution in [3.63, 3.8) is 0 Å². The van der Waals surface area contributed by atoms with Gasteiger partial charge in [0.1, 0.15) is 5.82 Å². The molecule has 30 heavy (non-hydrogen) atoms. The Labute approximate surface area is 175 Å². The third-order valence-electron chi connectivity index (χ3n) is 5.11. The summed E-state index contributed by atoms with van der Waals surface area (Å²) in [6.07, 6.45) is 2.67. The van der Waals surface area contributed by atoms with Gasteiger partial charge in [-0.1, -0.05) is 27.7 Å². The first-order valence-corrected chi connectivity index (χ1v) is 10.3. The van der Waals surface area contributed by atoms with Crippen LogP contribution in [0.15, 0.2) is 42.6 Å². The van der Waals surface area contributed by atoms with Gasteiger partial charge in [0.05, 0.1) is 24.3 Å². The topological polar surface area (TPSA) is 59.9 Å². The molecule has 0 saturated heterocycles. The van der Waals surface area contributed by atoms with Gasteiger partial charge in [0.25, 0.3) is 0 Å². The van der Waals surface area contributed by atoms with Crippen molar-refractivity contribution in [2.45, 2.75) is 46.5 Å². The molecule has 0 radical (unpaired) electrons. The summed E-state index contributed by atoms with van der Waals surface area (Å²) >= 11 is 0. The van der Waals surface area contributed by atoms with Crippen LogP contribution in [0.2, 0.25) is 0 Å². The molecule has 0 aliphatic heterocycles. The van der Waals surface area contributed by atoms with Crippen LogP contribution < -0.4 is 0 Å². The first kappa shape index (κ1) is 21.6. The van der Waals surface area contributed by atoms with Crippen molar-refractivity contribution in [1.29, 1.82) is 0 Å². The minimum atomic E-state index is -0.269. The number of hydrogen-bond donors (Lipinski definition) is 1. The summed E-state index contributed by atoms with van der Waals surface area (Å²) in [6, 6.07) is 10.7. The van der Waals surface area contributed by atoms with E-state index in [1.807, 2.05) is 13.8 Å². The number of ether oxygens (including phenoxy) is 1. The molecule has 4 rings (SSSR count). The van der Waals surface area contributed by atoms with E-state index >= 15 is 0 Å². The molecule has 0 bridgehead atoms. The van der Waals surface area contributed by atoms with E-state index in [-0.39, 0.29) is 17.7 Å². The third kappa shape index (κ3) is 3.95. The zero-order chi connectivity index (χ0) is 21.8. The van der Waals surface area contributed by atoms with Gasteiger partial charge >= 0.3 is 5.97 Å². The van der Waals surface area contributed by atoms with Crippen LogP contribution in [0.5, 0.6) is 0 Å². The maximum absolute atomic E-state index is 13.5. The van der Waals surface area contributed by atoms with Crippen molar-refractivity contribution in [3.05, 3.63) is 59.7 Å². The summed E-state index contributed by atoms with van der Waals surface area (Å²) in [5.41, 5.74) is 5.08. The van der Waals surface area contributed by atoms with E-state index in [0.29, 0.717) is 12.8 Å². The molecule has 0 amide bonds. The van der Waals surface area contributed by atoms with Crippen molar-refractivity contribution in [3.8, 4) is 5.69 Å². The van der Waals surface area contributed by atoms with Crippen molar-refractivity contribution in [1.82, 2.24) is 14.8 Å². The molecule has 0 saturated carbocycles. The molecule has 0 fully saturated rings. The zero-order valence-corrected chi connectivity index (χ0v) is 18.1. The Morgan fingerprint density at radius 3 is 2.53 bits per heavy atom. The fraction of sp³-hybridized carbons (Fsp3) is 0.333. The number of nitrogens with zero attached hydrogens (tertiary/aromatic N) is 2. The normalized spacial score (nSPS) is 11.0. The maximum atomic E-state index is 13.5. The van der Waals surface area contributed by atoms with Crippen molar-refractivity contribution in [2.75, 3.05) is 7.11 Å². The van der Waals surface area contributed by atoms with Gasteiger partial charge in [0, 0.05) is 28.6 Å². The monoisotopic (exact) mass is 409 g/mol. The number of esters is 1. The second-order valence-electron chi connectivity index (χ2n) is 7.23. The molecule has 1 N–H and O–H groups in total. The van der Waals surface area contributed by atoms with Crippen LogP contribution in [0.4, 0.5) is 4.39 Å². The first-order valence-electron chi connectivity index (χ1n) is 10.3. The Morgan fingerprint density at radius 1 is 1.20 bits per heavy atom. The number of fused-ring (bicyclic) bond motifs is 2. The van der Waals surface area contributed by atoms with E-state index in [4.69, 9.17) is 4.74 Å². The summed E-state index contributed by atoms with van der Waals surface area (Å²) in [5.74, 6) is -0.295. The molecule has 0 spiro atoms. The molecule has 2 aromatic heterocycles. The Kier molecular flexibility index (Phi) is 6.55. The number of nitrogens with one attached hydrogen (secondary N) is 1. The minimum Gasteiger partial charge on any atom is -0.469 e. The zero-order valence-electron chi connectivity index (χ0n) is 18.1. The number of carbonyl (C=O) groups is 1.